The minimum Gasteiger partial charge on any atom is -0.457 e. The number of aromatic nitrogens is 2. The lowest BCUT2D eigenvalue weighted by atomic mass is 10.2. The summed E-state index contributed by atoms with van der Waals surface area (Å²) in [4.78, 5) is 0. The van der Waals surface area contributed by atoms with Gasteiger partial charge in [-0.15, -0.1) is 0 Å². The van der Waals surface area contributed by atoms with Gasteiger partial charge in [0.25, 0.3) is 0 Å². The van der Waals surface area contributed by atoms with Crippen molar-refractivity contribution < 1.29 is 18.6 Å². The van der Waals surface area contributed by atoms with Crippen LogP contribution in [-0.2, 0) is 13.1 Å². The Morgan fingerprint density at radius 1 is 1.04 bits per heavy atom. The topological polar surface area (TPSA) is 59.3 Å². The summed E-state index contributed by atoms with van der Waals surface area (Å²) in [5.74, 6) is -0.765. The highest BCUT2D eigenvalue weighted by molar-refractivity contribution is 5.40. The first kappa shape index (κ1) is 16.9. The van der Waals surface area contributed by atoms with Crippen molar-refractivity contribution in [2.24, 2.45) is 0 Å². The molecule has 2 aromatic carbocycles. The zero-order chi connectivity index (χ0) is 17.6. The van der Waals surface area contributed by atoms with Gasteiger partial charge in [-0.2, -0.15) is 5.10 Å². The van der Waals surface area contributed by atoms with Gasteiger partial charge in [-0.1, -0.05) is 12.1 Å². The molecule has 0 saturated heterocycles. The Morgan fingerprint density at radius 3 is 2.44 bits per heavy atom. The predicted molar refractivity (Wildman–Crippen MR) is 89.5 cm³/mol. The maximum atomic E-state index is 13.2. The first-order valence-electron chi connectivity index (χ1n) is 7.72. The Morgan fingerprint density at radius 2 is 1.76 bits per heavy atom. The van der Waals surface area contributed by atoms with Crippen LogP contribution in [0.4, 0.5) is 14.5 Å². The third kappa shape index (κ3) is 4.77. The summed E-state index contributed by atoms with van der Waals surface area (Å²) in [5, 5.41) is 16.2. The Labute approximate surface area is 143 Å². The van der Waals surface area contributed by atoms with Crippen molar-refractivity contribution >= 4 is 5.69 Å². The molecule has 1 aromatic heterocycles. The predicted octanol–water partition coefficient (Wildman–Crippen LogP) is 3.56. The highest BCUT2D eigenvalue weighted by atomic mass is 19.1. The van der Waals surface area contributed by atoms with Crippen molar-refractivity contribution in [3.05, 3.63) is 72.1 Å². The fourth-order valence-corrected chi connectivity index (χ4v) is 2.28. The fourth-order valence-electron chi connectivity index (χ4n) is 2.28. The van der Waals surface area contributed by atoms with Gasteiger partial charge in [0.2, 0.25) is 0 Å². The number of aliphatic hydroxyl groups excluding tert-OH is 1. The molecule has 0 aliphatic rings. The maximum absolute atomic E-state index is 13.2. The average molecular weight is 345 g/mol. The van der Waals surface area contributed by atoms with E-state index in [0.717, 1.165) is 29.4 Å². The van der Waals surface area contributed by atoms with Crippen LogP contribution in [0.3, 0.4) is 0 Å². The zero-order valence-electron chi connectivity index (χ0n) is 13.3. The number of halogens is 2. The number of hydrogen-bond acceptors (Lipinski definition) is 4. The van der Waals surface area contributed by atoms with Gasteiger partial charge in [0.05, 0.1) is 25.0 Å². The van der Waals surface area contributed by atoms with Crippen LogP contribution in [0.2, 0.25) is 0 Å². The van der Waals surface area contributed by atoms with Gasteiger partial charge in [0, 0.05) is 30.9 Å². The first-order valence-corrected chi connectivity index (χ1v) is 7.72. The quantitative estimate of drug-likeness (QED) is 0.687. The minimum atomic E-state index is -0.683. The Hall–Kier alpha value is -2.93. The molecule has 2 N–H and O–H groups in total. The van der Waals surface area contributed by atoms with Crippen molar-refractivity contribution in [3.63, 3.8) is 0 Å². The van der Waals surface area contributed by atoms with Crippen LogP contribution in [0.5, 0.6) is 11.5 Å². The molecule has 5 nitrogen and oxygen atoms in total. The van der Waals surface area contributed by atoms with Crippen molar-refractivity contribution in [2.45, 2.75) is 13.1 Å². The van der Waals surface area contributed by atoms with Crippen molar-refractivity contribution in [2.75, 3.05) is 11.9 Å². The molecule has 25 heavy (non-hydrogen) atoms. The molecule has 0 aliphatic carbocycles. The Balaban J connectivity index is 1.58. The summed E-state index contributed by atoms with van der Waals surface area (Å²) >= 11 is 0. The molecule has 0 unspecified atom stereocenters. The number of rotatable bonds is 7. The minimum absolute atomic E-state index is 0.0395. The SMILES string of the molecule is OCCn1cc(NCc2ccc(Oc3cc(F)cc(F)c3)cc2)cn1. The van der Waals surface area contributed by atoms with E-state index in [2.05, 4.69) is 10.4 Å². The molecule has 0 amide bonds. The van der Waals surface area contributed by atoms with Crippen molar-refractivity contribution in [1.29, 1.82) is 0 Å². The summed E-state index contributed by atoms with van der Waals surface area (Å²) in [5.41, 5.74) is 1.86. The summed E-state index contributed by atoms with van der Waals surface area (Å²) in [7, 11) is 0. The molecule has 0 aliphatic heterocycles. The number of benzene rings is 2. The van der Waals surface area contributed by atoms with E-state index >= 15 is 0 Å². The molecule has 0 fully saturated rings. The standard InChI is InChI=1S/C18H17F2N3O2/c19-14-7-15(20)9-18(8-14)25-17-3-1-13(2-4-17)10-21-16-11-22-23(12-16)5-6-24/h1-4,7-9,11-12,21,24H,5-6,10H2. The second-order valence-electron chi connectivity index (χ2n) is 5.42. The molecule has 3 rings (SSSR count). The van der Waals surface area contributed by atoms with E-state index in [4.69, 9.17) is 9.84 Å². The lowest BCUT2D eigenvalue weighted by molar-refractivity contribution is 0.269. The molecule has 1 heterocycles. The molecule has 0 bridgehead atoms. The molecule has 3 aromatic rings. The second kappa shape index (κ2) is 7.76. The second-order valence-corrected chi connectivity index (χ2v) is 5.42. The summed E-state index contributed by atoms with van der Waals surface area (Å²) in [6.07, 6.45) is 3.50. The van der Waals surface area contributed by atoms with Crippen LogP contribution in [0.25, 0.3) is 0 Å². The van der Waals surface area contributed by atoms with Gasteiger partial charge in [0.15, 0.2) is 0 Å². The van der Waals surface area contributed by atoms with E-state index in [0.29, 0.717) is 18.8 Å². The highest BCUT2D eigenvalue weighted by Gasteiger charge is 2.04. The Kier molecular flexibility index (Phi) is 5.25. The molecule has 7 heteroatoms. The molecule has 0 spiro atoms. The van der Waals surface area contributed by atoms with Gasteiger partial charge in [-0.3, -0.25) is 4.68 Å². The third-order valence-corrected chi connectivity index (χ3v) is 3.45. The fraction of sp³-hybridized carbons (Fsp3) is 0.167. The van der Waals surface area contributed by atoms with E-state index < -0.39 is 11.6 Å². The summed E-state index contributed by atoms with van der Waals surface area (Å²) in [6, 6.07) is 10.2. The van der Waals surface area contributed by atoms with E-state index in [1.807, 2.05) is 18.3 Å². The molecular weight excluding hydrogens is 328 g/mol. The number of anilines is 1. The monoisotopic (exact) mass is 345 g/mol. The smallest absolute Gasteiger partial charge is 0.133 e. The maximum Gasteiger partial charge on any atom is 0.133 e. The third-order valence-electron chi connectivity index (χ3n) is 3.45. The van der Waals surface area contributed by atoms with E-state index in [-0.39, 0.29) is 12.4 Å². The number of hydrogen-bond donors (Lipinski definition) is 2. The molecular formula is C18H17F2N3O2. The summed E-state index contributed by atoms with van der Waals surface area (Å²) < 4.78 is 33.4. The normalized spacial score (nSPS) is 10.7. The number of aliphatic hydroxyl groups is 1. The zero-order valence-corrected chi connectivity index (χ0v) is 13.3. The van der Waals surface area contributed by atoms with Crippen molar-refractivity contribution in [3.8, 4) is 11.5 Å². The highest BCUT2D eigenvalue weighted by Crippen LogP contribution is 2.23. The van der Waals surface area contributed by atoms with Gasteiger partial charge < -0.3 is 15.2 Å². The lowest BCUT2D eigenvalue weighted by Gasteiger charge is -2.08. The van der Waals surface area contributed by atoms with Gasteiger partial charge >= 0.3 is 0 Å². The van der Waals surface area contributed by atoms with Crippen molar-refractivity contribution in [1.82, 2.24) is 9.78 Å². The number of ether oxygens (including phenoxy) is 1. The van der Waals surface area contributed by atoms with Gasteiger partial charge in [-0.05, 0) is 17.7 Å². The molecule has 0 radical (unpaired) electrons. The Bertz CT molecular complexity index is 814. The van der Waals surface area contributed by atoms with Gasteiger partial charge in [0.1, 0.15) is 23.1 Å². The van der Waals surface area contributed by atoms with Crippen LogP contribution in [-0.4, -0.2) is 21.5 Å². The molecule has 0 atom stereocenters. The number of nitrogens with zero attached hydrogens (tertiary/aromatic N) is 2. The van der Waals surface area contributed by atoms with Gasteiger partial charge in [-0.25, -0.2) is 8.78 Å². The molecule has 130 valence electrons. The van der Waals surface area contributed by atoms with Crippen LogP contribution in [0, 0.1) is 11.6 Å². The van der Waals surface area contributed by atoms with Crippen LogP contribution >= 0.6 is 0 Å². The van der Waals surface area contributed by atoms with Crippen LogP contribution in [0.15, 0.2) is 54.9 Å². The van der Waals surface area contributed by atoms with Crippen LogP contribution in [0.1, 0.15) is 5.56 Å². The van der Waals surface area contributed by atoms with E-state index in [1.165, 1.54) is 0 Å². The average Bonchev–Trinajstić information content (AvgIpc) is 3.01. The largest absolute Gasteiger partial charge is 0.457 e. The lowest BCUT2D eigenvalue weighted by Crippen LogP contribution is -2.02. The molecule has 0 saturated carbocycles. The first-order chi connectivity index (χ1) is 12.1. The van der Waals surface area contributed by atoms with Crippen LogP contribution < -0.4 is 10.1 Å². The number of nitrogens with one attached hydrogen (secondary N) is 1. The van der Waals surface area contributed by atoms with E-state index in [1.54, 1.807) is 23.0 Å². The van der Waals surface area contributed by atoms with E-state index in [9.17, 15) is 8.78 Å². The summed E-state index contributed by atoms with van der Waals surface area (Å²) in [6.45, 7) is 1.08.